The molecule has 0 spiro atoms. The van der Waals surface area contributed by atoms with Crippen molar-refractivity contribution >= 4 is 23.4 Å². The number of pyridine rings is 1. The number of anilines is 2. The van der Waals surface area contributed by atoms with Gasteiger partial charge < -0.3 is 20.7 Å². The van der Waals surface area contributed by atoms with Crippen molar-refractivity contribution in [2.45, 2.75) is 39.0 Å². The van der Waals surface area contributed by atoms with E-state index in [0.717, 1.165) is 31.6 Å². The molecule has 1 aliphatic heterocycles. The number of amides is 3. The van der Waals surface area contributed by atoms with Gasteiger partial charge in [0.25, 0.3) is 5.91 Å². The van der Waals surface area contributed by atoms with Gasteiger partial charge in [-0.3, -0.25) is 15.1 Å². The average Bonchev–Trinajstić information content (AvgIpc) is 3.42. The van der Waals surface area contributed by atoms with E-state index in [9.17, 15) is 9.59 Å². The first kappa shape index (κ1) is 28.8. The maximum Gasteiger partial charge on any atom is 0.324 e. The molecular formula is C32H37N7O3. The lowest BCUT2D eigenvalue weighted by Crippen LogP contribution is -2.36. The summed E-state index contributed by atoms with van der Waals surface area (Å²) in [6.45, 7) is 8.81. The fraction of sp³-hybridized carbons (Fsp3) is 0.312. The Balaban J connectivity index is 1.29. The Kier molecular flexibility index (Phi) is 8.83. The number of urea groups is 1. The Labute approximate surface area is 245 Å². The number of hydrogen-bond donors (Lipinski definition) is 4. The lowest BCUT2D eigenvalue weighted by atomic mass is 9.92. The Morgan fingerprint density at radius 2 is 1.67 bits per heavy atom. The second-order valence-electron chi connectivity index (χ2n) is 11.4. The van der Waals surface area contributed by atoms with E-state index < -0.39 is 6.03 Å². The van der Waals surface area contributed by atoms with Gasteiger partial charge in [-0.1, -0.05) is 26.8 Å². The van der Waals surface area contributed by atoms with E-state index in [0.29, 0.717) is 46.7 Å². The molecule has 1 saturated heterocycles. The van der Waals surface area contributed by atoms with Gasteiger partial charge in [0.15, 0.2) is 0 Å². The molecule has 1 aliphatic rings. The minimum Gasteiger partial charge on any atom is -0.457 e. The molecule has 3 amide bonds. The van der Waals surface area contributed by atoms with E-state index in [1.807, 2.05) is 18.2 Å². The minimum absolute atomic E-state index is 0.123. The summed E-state index contributed by atoms with van der Waals surface area (Å²) in [5.74, 6) is 2.16. The highest BCUT2D eigenvalue weighted by atomic mass is 16.5. The van der Waals surface area contributed by atoms with Gasteiger partial charge in [0.1, 0.15) is 17.3 Å². The standard InChI is InChI=1S/C32H37N7O3/c1-32(2,3)28-20-29(37-31(41)36-24-7-9-26(10-8-24)42-27-13-17-34-18-14-27)39(38-28)25-6-4-5-23(19-25)30(40)35-21-22-11-15-33-16-12-22/h4-10,13-14,17-20,22,33H,11-12,15-16,21H2,1-3H3,(H,35,40)(H2,36,37,41). The van der Waals surface area contributed by atoms with Gasteiger partial charge in [-0.05, 0) is 86.4 Å². The summed E-state index contributed by atoms with van der Waals surface area (Å²) < 4.78 is 7.46. The summed E-state index contributed by atoms with van der Waals surface area (Å²) in [6, 6.07) is 19.3. The van der Waals surface area contributed by atoms with E-state index in [2.05, 4.69) is 47.0 Å². The van der Waals surface area contributed by atoms with Crippen LogP contribution in [0.15, 0.2) is 79.1 Å². The summed E-state index contributed by atoms with van der Waals surface area (Å²) in [4.78, 5) is 30.0. The second kappa shape index (κ2) is 12.9. The van der Waals surface area contributed by atoms with Crippen LogP contribution in [0.25, 0.3) is 5.69 Å². The number of benzene rings is 2. The van der Waals surface area contributed by atoms with Gasteiger partial charge in [-0.15, -0.1) is 0 Å². The van der Waals surface area contributed by atoms with Crippen molar-refractivity contribution in [2.24, 2.45) is 5.92 Å². The van der Waals surface area contributed by atoms with Gasteiger partial charge in [-0.2, -0.15) is 5.10 Å². The van der Waals surface area contributed by atoms with Crippen LogP contribution < -0.4 is 26.0 Å². The highest BCUT2D eigenvalue weighted by molar-refractivity contribution is 5.99. The largest absolute Gasteiger partial charge is 0.457 e. The zero-order valence-electron chi connectivity index (χ0n) is 24.2. The molecule has 4 aromatic rings. The van der Waals surface area contributed by atoms with Crippen molar-refractivity contribution in [3.63, 3.8) is 0 Å². The molecule has 0 atom stereocenters. The average molecular weight is 568 g/mol. The van der Waals surface area contributed by atoms with Gasteiger partial charge in [-0.25, -0.2) is 9.48 Å². The van der Waals surface area contributed by atoms with Crippen LogP contribution in [-0.2, 0) is 5.41 Å². The number of ether oxygens (including phenoxy) is 1. The SMILES string of the molecule is CC(C)(C)c1cc(NC(=O)Nc2ccc(Oc3ccncc3)cc2)n(-c2cccc(C(=O)NCC3CCNCC3)c2)n1. The van der Waals surface area contributed by atoms with Crippen molar-refractivity contribution in [2.75, 3.05) is 30.3 Å². The van der Waals surface area contributed by atoms with Gasteiger partial charge in [0.05, 0.1) is 11.4 Å². The molecule has 3 heterocycles. The third-order valence-corrected chi connectivity index (χ3v) is 7.08. The fourth-order valence-corrected chi connectivity index (χ4v) is 4.66. The van der Waals surface area contributed by atoms with Gasteiger partial charge >= 0.3 is 6.03 Å². The van der Waals surface area contributed by atoms with E-state index in [1.165, 1.54) is 0 Å². The molecule has 4 N–H and O–H groups in total. The number of carbonyl (C=O) groups excluding carboxylic acids is 2. The van der Waals surface area contributed by atoms with E-state index in [1.54, 1.807) is 65.6 Å². The number of carbonyl (C=O) groups is 2. The predicted molar refractivity (Wildman–Crippen MR) is 164 cm³/mol. The molecule has 2 aromatic heterocycles. The van der Waals surface area contributed by atoms with Crippen molar-refractivity contribution < 1.29 is 14.3 Å². The van der Waals surface area contributed by atoms with E-state index >= 15 is 0 Å². The summed E-state index contributed by atoms with van der Waals surface area (Å²) >= 11 is 0. The summed E-state index contributed by atoms with van der Waals surface area (Å²) in [7, 11) is 0. The molecule has 0 bridgehead atoms. The van der Waals surface area contributed by atoms with Crippen LogP contribution in [0, 0.1) is 5.92 Å². The normalized spacial score (nSPS) is 13.8. The molecule has 0 unspecified atom stereocenters. The maximum atomic E-state index is 13.0. The van der Waals surface area contributed by atoms with Crippen molar-refractivity contribution in [1.82, 2.24) is 25.4 Å². The van der Waals surface area contributed by atoms with Crippen LogP contribution >= 0.6 is 0 Å². The van der Waals surface area contributed by atoms with Crippen LogP contribution in [0.3, 0.4) is 0 Å². The number of nitrogens with one attached hydrogen (secondary N) is 4. The summed E-state index contributed by atoms with van der Waals surface area (Å²) in [5, 5.41) is 17.0. The quantitative estimate of drug-likeness (QED) is 0.216. The van der Waals surface area contributed by atoms with Crippen LogP contribution in [-0.4, -0.2) is 46.3 Å². The highest BCUT2D eigenvalue weighted by Gasteiger charge is 2.22. The molecule has 5 rings (SSSR count). The lowest BCUT2D eigenvalue weighted by Gasteiger charge is -2.22. The molecule has 218 valence electrons. The molecule has 2 aromatic carbocycles. The molecule has 42 heavy (non-hydrogen) atoms. The van der Waals surface area contributed by atoms with Crippen molar-refractivity contribution in [3.8, 4) is 17.2 Å². The monoisotopic (exact) mass is 567 g/mol. The number of piperidine rings is 1. The van der Waals surface area contributed by atoms with Crippen LogP contribution in [0.2, 0.25) is 0 Å². The first-order valence-corrected chi connectivity index (χ1v) is 14.2. The number of aromatic nitrogens is 3. The van der Waals surface area contributed by atoms with Crippen molar-refractivity contribution in [3.05, 3.63) is 90.4 Å². The second-order valence-corrected chi connectivity index (χ2v) is 11.4. The van der Waals surface area contributed by atoms with E-state index in [4.69, 9.17) is 9.84 Å². The highest BCUT2D eigenvalue weighted by Crippen LogP contribution is 2.27. The zero-order valence-corrected chi connectivity index (χ0v) is 24.2. The number of nitrogens with zero attached hydrogens (tertiary/aromatic N) is 3. The minimum atomic E-state index is -0.421. The first-order valence-electron chi connectivity index (χ1n) is 14.2. The predicted octanol–water partition coefficient (Wildman–Crippen LogP) is 5.73. The maximum absolute atomic E-state index is 13.0. The Bertz CT molecular complexity index is 1510. The first-order chi connectivity index (χ1) is 20.2. The third-order valence-electron chi connectivity index (χ3n) is 7.08. The lowest BCUT2D eigenvalue weighted by molar-refractivity contribution is 0.0944. The van der Waals surface area contributed by atoms with Gasteiger partial charge in [0.2, 0.25) is 0 Å². The Morgan fingerprint density at radius 1 is 0.952 bits per heavy atom. The van der Waals surface area contributed by atoms with Gasteiger partial charge in [0, 0.05) is 41.7 Å². The third kappa shape index (κ3) is 7.52. The molecule has 10 nitrogen and oxygen atoms in total. The van der Waals surface area contributed by atoms with Crippen molar-refractivity contribution in [1.29, 1.82) is 0 Å². The van der Waals surface area contributed by atoms with E-state index in [-0.39, 0.29) is 11.3 Å². The molecule has 0 aliphatic carbocycles. The van der Waals surface area contributed by atoms with Crippen LogP contribution in [0.1, 0.15) is 49.7 Å². The summed E-state index contributed by atoms with van der Waals surface area (Å²) in [5.41, 5.74) is 2.36. The Hall–Kier alpha value is -4.70. The van der Waals surface area contributed by atoms with Crippen LogP contribution in [0.5, 0.6) is 11.5 Å². The molecule has 0 radical (unpaired) electrons. The fourth-order valence-electron chi connectivity index (χ4n) is 4.66. The zero-order chi connectivity index (χ0) is 29.5. The van der Waals surface area contributed by atoms with Crippen LogP contribution in [0.4, 0.5) is 16.3 Å². The number of hydrogen-bond acceptors (Lipinski definition) is 6. The molecular weight excluding hydrogens is 530 g/mol. The molecule has 10 heteroatoms. The molecule has 0 saturated carbocycles. The Morgan fingerprint density at radius 3 is 2.38 bits per heavy atom. The smallest absolute Gasteiger partial charge is 0.324 e. The number of rotatable bonds is 8. The molecule has 1 fully saturated rings. The summed E-state index contributed by atoms with van der Waals surface area (Å²) in [6.07, 6.45) is 5.44. The topological polar surface area (TPSA) is 122 Å².